The van der Waals surface area contributed by atoms with Crippen LogP contribution in [0.15, 0.2) is 17.0 Å². The van der Waals surface area contributed by atoms with E-state index < -0.39 is 15.8 Å². The number of benzene rings is 1. The van der Waals surface area contributed by atoms with Gasteiger partial charge in [0, 0.05) is 6.04 Å². The first-order valence-corrected chi connectivity index (χ1v) is 8.86. The SMILES string of the molecule is Cc1cc(F)c(N)cc1S(=O)(=O)NC1CCCC(C)CC1. The maximum atomic E-state index is 13.4. The van der Waals surface area contributed by atoms with Crippen LogP contribution < -0.4 is 10.5 Å². The highest BCUT2D eigenvalue weighted by atomic mass is 32.2. The first-order valence-electron chi connectivity index (χ1n) is 7.37. The standard InChI is InChI=1S/C15H23FN2O2S/c1-10-4-3-5-12(7-6-10)18-21(19,20)15-9-14(17)13(16)8-11(15)2/h8-10,12,18H,3-7,17H2,1-2H3. The second kappa shape index (κ2) is 6.32. The summed E-state index contributed by atoms with van der Waals surface area (Å²) in [5.41, 5.74) is 5.72. The number of sulfonamides is 1. The molecule has 1 fully saturated rings. The Hall–Kier alpha value is -1.14. The van der Waals surface area contributed by atoms with Gasteiger partial charge in [-0.25, -0.2) is 17.5 Å². The molecule has 21 heavy (non-hydrogen) atoms. The highest BCUT2D eigenvalue weighted by Crippen LogP contribution is 2.26. The van der Waals surface area contributed by atoms with Gasteiger partial charge in [0.25, 0.3) is 0 Å². The summed E-state index contributed by atoms with van der Waals surface area (Å²) in [5.74, 6) is 0.0532. The molecule has 1 aliphatic carbocycles. The van der Waals surface area contributed by atoms with E-state index >= 15 is 0 Å². The minimum absolute atomic E-state index is 0.0503. The van der Waals surface area contributed by atoms with Crippen LogP contribution in [-0.4, -0.2) is 14.5 Å². The summed E-state index contributed by atoms with van der Waals surface area (Å²) in [6.07, 6.45) is 4.88. The fourth-order valence-electron chi connectivity index (χ4n) is 2.85. The molecule has 118 valence electrons. The Kier molecular flexibility index (Phi) is 4.88. The van der Waals surface area contributed by atoms with Crippen LogP contribution in [0.4, 0.5) is 10.1 Å². The molecule has 2 unspecified atom stereocenters. The lowest BCUT2D eigenvalue weighted by Gasteiger charge is -2.18. The van der Waals surface area contributed by atoms with Crippen molar-refractivity contribution in [2.45, 2.75) is 56.9 Å². The van der Waals surface area contributed by atoms with Crippen molar-refractivity contribution in [3.8, 4) is 0 Å². The van der Waals surface area contributed by atoms with E-state index in [0.717, 1.165) is 32.1 Å². The molecule has 2 rings (SSSR count). The van der Waals surface area contributed by atoms with Gasteiger partial charge in [-0.1, -0.05) is 19.8 Å². The summed E-state index contributed by atoms with van der Waals surface area (Å²) >= 11 is 0. The lowest BCUT2D eigenvalue weighted by molar-refractivity contribution is 0.484. The van der Waals surface area contributed by atoms with Gasteiger partial charge < -0.3 is 5.73 Å². The van der Waals surface area contributed by atoms with Crippen LogP contribution >= 0.6 is 0 Å². The van der Waals surface area contributed by atoms with Gasteiger partial charge in [0.05, 0.1) is 10.6 Å². The average molecular weight is 314 g/mol. The van der Waals surface area contributed by atoms with Gasteiger partial charge in [0.1, 0.15) is 5.82 Å². The van der Waals surface area contributed by atoms with E-state index in [4.69, 9.17) is 5.73 Å². The molecular formula is C15H23FN2O2S. The zero-order valence-electron chi connectivity index (χ0n) is 12.5. The number of nitrogen functional groups attached to an aromatic ring is 1. The van der Waals surface area contributed by atoms with Gasteiger partial charge in [-0.2, -0.15) is 0 Å². The summed E-state index contributed by atoms with van der Waals surface area (Å²) in [6.45, 7) is 3.77. The van der Waals surface area contributed by atoms with Crippen LogP contribution in [0.2, 0.25) is 0 Å². The van der Waals surface area contributed by atoms with Crippen molar-refractivity contribution in [3.05, 3.63) is 23.5 Å². The zero-order chi connectivity index (χ0) is 15.6. The molecule has 1 aliphatic rings. The third-order valence-electron chi connectivity index (χ3n) is 4.16. The van der Waals surface area contributed by atoms with Crippen molar-refractivity contribution in [1.29, 1.82) is 0 Å². The van der Waals surface area contributed by atoms with E-state index in [1.165, 1.54) is 12.1 Å². The van der Waals surface area contributed by atoms with Crippen LogP contribution in [0, 0.1) is 18.7 Å². The number of hydrogen-bond acceptors (Lipinski definition) is 3. The molecule has 4 nitrogen and oxygen atoms in total. The monoisotopic (exact) mass is 314 g/mol. The average Bonchev–Trinajstić information content (AvgIpc) is 2.58. The molecule has 2 atom stereocenters. The molecule has 0 radical (unpaired) electrons. The first kappa shape index (κ1) is 16.2. The molecule has 0 bridgehead atoms. The van der Waals surface area contributed by atoms with E-state index in [2.05, 4.69) is 11.6 Å². The van der Waals surface area contributed by atoms with Crippen molar-refractivity contribution in [3.63, 3.8) is 0 Å². The number of anilines is 1. The van der Waals surface area contributed by atoms with Gasteiger partial charge in [0.15, 0.2) is 0 Å². The number of aryl methyl sites for hydroxylation is 1. The number of hydrogen-bond donors (Lipinski definition) is 2. The molecule has 0 aliphatic heterocycles. The Labute approximate surface area is 126 Å². The van der Waals surface area contributed by atoms with Crippen molar-refractivity contribution in [1.82, 2.24) is 4.72 Å². The van der Waals surface area contributed by atoms with Gasteiger partial charge in [-0.15, -0.1) is 0 Å². The Bertz CT molecular complexity index is 616. The lowest BCUT2D eigenvalue weighted by atomic mass is 10.0. The molecule has 0 amide bonds. The minimum atomic E-state index is -3.66. The number of nitrogens with two attached hydrogens (primary N) is 1. The highest BCUT2D eigenvalue weighted by molar-refractivity contribution is 7.89. The van der Waals surface area contributed by atoms with E-state index in [9.17, 15) is 12.8 Å². The van der Waals surface area contributed by atoms with Gasteiger partial charge in [-0.05, 0) is 49.8 Å². The highest BCUT2D eigenvalue weighted by Gasteiger charge is 2.24. The summed E-state index contributed by atoms with van der Waals surface area (Å²) in [7, 11) is -3.66. The molecule has 1 saturated carbocycles. The van der Waals surface area contributed by atoms with Crippen LogP contribution in [0.25, 0.3) is 0 Å². The van der Waals surface area contributed by atoms with Crippen LogP contribution in [0.1, 0.15) is 44.6 Å². The predicted octanol–water partition coefficient (Wildman–Crippen LogP) is 2.96. The van der Waals surface area contributed by atoms with Gasteiger partial charge >= 0.3 is 0 Å². The maximum Gasteiger partial charge on any atom is 0.241 e. The first-order chi connectivity index (χ1) is 9.79. The summed E-state index contributed by atoms with van der Waals surface area (Å²) in [6, 6.07) is 2.32. The van der Waals surface area contributed by atoms with Crippen molar-refractivity contribution < 1.29 is 12.8 Å². The second-order valence-corrected chi connectivity index (χ2v) is 7.75. The van der Waals surface area contributed by atoms with Crippen molar-refractivity contribution in [2.75, 3.05) is 5.73 Å². The molecular weight excluding hydrogens is 291 g/mol. The molecule has 0 heterocycles. The maximum absolute atomic E-state index is 13.4. The Morgan fingerprint density at radius 1 is 1.24 bits per heavy atom. The number of nitrogens with one attached hydrogen (secondary N) is 1. The number of halogens is 1. The molecule has 0 saturated heterocycles. The largest absolute Gasteiger partial charge is 0.396 e. The Morgan fingerprint density at radius 3 is 2.67 bits per heavy atom. The molecule has 0 spiro atoms. The molecule has 1 aromatic rings. The van der Waals surface area contributed by atoms with Gasteiger partial charge in [0.2, 0.25) is 10.0 Å². The normalized spacial score (nSPS) is 23.8. The Balaban J connectivity index is 2.20. The summed E-state index contributed by atoms with van der Waals surface area (Å²) in [4.78, 5) is 0.0682. The topological polar surface area (TPSA) is 72.2 Å². The molecule has 3 N–H and O–H groups in total. The lowest BCUT2D eigenvalue weighted by Crippen LogP contribution is -2.34. The molecule has 6 heteroatoms. The van der Waals surface area contributed by atoms with E-state index in [1.807, 2.05) is 0 Å². The van der Waals surface area contributed by atoms with E-state index in [1.54, 1.807) is 6.92 Å². The fraction of sp³-hybridized carbons (Fsp3) is 0.600. The van der Waals surface area contributed by atoms with Crippen molar-refractivity contribution >= 4 is 15.7 Å². The smallest absolute Gasteiger partial charge is 0.241 e. The predicted molar refractivity (Wildman–Crippen MR) is 81.9 cm³/mol. The summed E-state index contributed by atoms with van der Waals surface area (Å²) < 4.78 is 41.1. The van der Waals surface area contributed by atoms with Crippen LogP contribution in [-0.2, 0) is 10.0 Å². The second-order valence-electron chi connectivity index (χ2n) is 6.07. The van der Waals surface area contributed by atoms with Crippen molar-refractivity contribution in [2.24, 2.45) is 5.92 Å². The van der Waals surface area contributed by atoms with E-state index in [-0.39, 0.29) is 16.6 Å². The molecule has 0 aromatic heterocycles. The Morgan fingerprint density at radius 2 is 1.95 bits per heavy atom. The quantitative estimate of drug-likeness (QED) is 0.665. The van der Waals surface area contributed by atoms with Crippen LogP contribution in [0.5, 0.6) is 0 Å². The van der Waals surface area contributed by atoms with Crippen LogP contribution in [0.3, 0.4) is 0 Å². The van der Waals surface area contributed by atoms with Gasteiger partial charge in [-0.3, -0.25) is 0 Å². The summed E-state index contributed by atoms with van der Waals surface area (Å²) in [5, 5.41) is 0. The fourth-order valence-corrected chi connectivity index (χ4v) is 4.41. The third kappa shape index (κ3) is 3.95. The number of rotatable bonds is 3. The minimum Gasteiger partial charge on any atom is -0.396 e. The molecule has 1 aromatic carbocycles. The third-order valence-corrected chi connectivity index (χ3v) is 5.83. The van der Waals surface area contributed by atoms with E-state index in [0.29, 0.717) is 11.5 Å². The zero-order valence-corrected chi connectivity index (χ0v) is 13.3.